The smallest absolute Gasteiger partial charge is 0.410 e. The van der Waals surface area contributed by atoms with E-state index in [2.05, 4.69) is 21.8 Å². The highest BCUT2D eigenvalue weighted by Crippen LogP contribution is 2.32. The second-order valence-corrected chi connectivity index (χ2v) is 6.20. The quantitative estimate of drug-likeness (QED) is 0.941. The molecule has 0 saturated carbocycles. The minimum Gasteiger partial charge on any atom is -0.447 e. The molecule has 1 aromatic heterocycles. The zero-order valence-electron chi connectivity index (χ0n) is 12.7. The Bertz CT molecular complexity index is 680. The van der Waals surface area contributed by atoms with Crippen LogP contribution in [0.15, 0.2) is 24.3 Å². The molecule has 2 aliphatic rings. The standard InChI is InChI=1S/C16H20N4O2/c1-2-16-10-19(7-8-20(16)15(21)22-11-16)9-14-17-12-5-3-4-6-13(12)18-14/h3-6H,2,7-11H2,1H3,(H,17,18). The average Bonchev–Trinajstić information content (AvgIpc) is 3.08. The summed E-state index contributed by atoms with van der Waals surface area (Å²) in [6.45, 7) is 5.82. The third-order valence-electron chi connectivity index (χ3n) is 4.88. The monoisotopic (exact) mass is 300 g/mol. The van der Waals surface area contributed by atoms with Crippen LogP contribution >= 0.6 is 0 Å². The number of nitrogens with zero attached hydrogens (tertiary/aromatic N) is 3. The largest absolute Gasteiger partial charge is 0.447 e. The number of hydrogen-bond acceptors (Lipinski definition) is 4. The third kappa shape index (κ3) is 2.06. The number of fused-ring (bicyclic) bond motifs is 2. The topological polar surface area (TPSA) is 61.5 Å². The molecule has 2 aromatic rings. The Hall–Kier alpha value is -2.08. The predicted octanol–water partition coefficient (Wildman–Crippen LogP) is 1.98. The molecule has 3 heterocycles. The summed E-state index contributed by atoms with van der Waals surface area (Å²) < 4.78 is 5.28. The SMILES string of the molecule is CCC12COC(=O)N1CCN(Cc1nc3ccccc3[nH]1)C2. The first-order chi connectivity index (χ1) is 10.7. The highest BCUT2D eigenvalue weighted by molar-refractivity contribution is 5.74. The fourth-order valence-corrected chi connectivity index (χ4v) is 3.57. The van der Waals surface area contributed by atoms with Gasteiger partial charge in [0.1, 0.15) is 12.4 Å². The lowest BCUT2D eigenvalue weighted by Crippen LogP contribution is -2.60. The minimum atomic E-state index is -0.165. The van der Waals surface area contributed by atoms with E-state index in [-0.39, 0.29) is 11.6 Å². The summed E-state index contributed by atoms with van der Waals surface area (Å²) in [5.74, 6) is 0.978. The molecular weight excluding hydrogens is 280 g/mol. The molecule has 1 amide bonds. The van der Waals surface area contributed by atoms with Gasteiger partial charge in [-0.1, -0.05) is 19.1 Å². The summed E-state index contributed by atoms with van der Waals surface area (Å²) in [5.41, 5.74) is 1.91. The maximum Gasteiger partial charge on any atom is 0.410 e. The first kappa shape index (κ1) is 13.6. The Morgan fingerprint density at radius 3 is 3.05 bits per heavy atom. The molecule has 1 unspecified atom stereocenters. The van der Waals surface area contributed by atoms with Crippen LogP contribution in [0.1, 0.15) is 19.2 Å². The van der Waals surface area contributed by atoms with Crippen molar-refractivity contribution in [3.8, 4) is 0 Å². The van der Waals surface area contributed by atoms with Crippen molar-refractivity contribution in [2.24, 2.45) is 0 Å². The number of aromatic nitrogens is 2. The number of nitrogens with one attached hydrogen (secondary N) is 1. The molecule has 2 saturated heterocycles. The van der Waals surface area contributed by atoms with Crippen LogP contribution in [-0.4, -0.2) is 57.6 Å². The number of ether oxygens (including phenoxy) is 1. The number of H-pyrrole nitrogens is 1. The second-order valence-electron chi connectivity index (χ2n) is 6.20. The number of hydrogen-bond donors (Lipinski definition) is 1. The van der Waals surface area contributed by atoms with Crippen LogP contribution in [-0.2, 0) is 11.3 Å². The van der Waals surface area contributed by atoms with Crippen LogP contribution in [0.25, 0.3) is 11.0 Å². The molecule has 0 spiro atoms. The van der Waals surface area contributed by atoms with Gasteiger partial charge in [-0.2, -0.15) is 0 Å². The Labute approximate surface area is 129 Å². The number of benzene rings is 1. The summed E-state index contributed by atoms with van der Waals surface area (Å²) in [7, 11) is 0. The number of carbonyl (C=O) groups is 1. The number of imidazole rings is 1. The van der Waals surface area contributed by atoms with Gasteiger partial charge in [0.25, 0.3) is 0 Å². The van der Waals surface area contributed by atoms with Gasteiger partial charge >= 0.3 is 6.09 Å². The van der Waals surface area contributed by atoms with Gasteiger partial charge in [-0.3, -0.25) is 9.80 Å². The van der Waals surface area contributed by atoms with Crippen LogP contribution in [0.5, 0.6) is 0 Å². The first-order valence-corrected chi connectivity index (χ1v) is 7.80. The second kappa shape index (κ2) is 4.98. The Kier molecular flexibility index (Phi) is 3.07. The number of cyclic esters (lactones) is 1. The molecule has 116 valence electrons. The number of piperazine rings is 1. The molecule has 0 bridgehead atoms. The molecule has 1 aromatic carbocycles. The molecule has 1 N–H and O–H groups in total. The molecule has 2 aliphatic heterocycles. The van der Waals surface area contributed by atoms with Gasteiger partial charge in [0.15, 0.2) is 0 Å². The normalized spacial score (nSPS) is 25.5. The fourth-order valence-electron chi connectivity index (χ4n) is 3.57. The van der Waals surface area contributed by atoms with Crippen LogP contribution in [0.2, 0.25) is 0 Å². The molecule has 0 radical (unpaired) electrons. The van der Waals surface area contributed by atoms with Gasteiger partial charge in [-0.05, 0) is 18.6 Å². The number of aromatic amines is 1. The number of para-hydroxylation sites is 2. The van der Waals surface area contributed by atoms with Crippen molar-refractivity contribution in [2.75, 3.05) is 26.2 Å². The lowest BCUT2D eigenvalue weighted by atomic mass is 9.93. The van der Waals surface area contributed by atoms with E-state index in [4.69, 9.17) is 4.74 Å². The van der Waals surface area contributed by atoms with Crippen LogP contribution in [0, 0.1) is 0 Å². The highest BCUT2D eigenvalue weighted by atomic mass is 16.6. The summed E-state index contributed by atoms with van der Waals surface area (Å²) in [6, 6.07) is 8.07. The number of amides is 1. The number of rotatable bonds is 3. The minimum absolute atomic E-state index is 0.162. The Balaban J connectivity index is 1.53. The zero-order valence-corrected chi connectivity index (χ0v) is 12.7. The molecule has 22 heavy (non-hydrogen) atoms. The van der Waals surface area contributed by atoms with Crippen LogP contribution < -0.4 is 0 Å². The maximum absolute atomic E-state index is 11.8. The van der Waals surface area contributed by atoms with Gasteiger partial charge < -0.3 is 9.72 Å². The van der Waals surface area contributed by atoms with Gasteiger partial charge in [-0.15, -0.1) is 0 Å². The summed E-state index contributed by atoms with van der Waals surface area (Å²) in [6.07, 6.45) is 0.750. The van der Waals surface area contributed by atoms with E-state index < -0.39 is 0 Å². The predicted molar refractivity (Wildman–Crippen MR) is 82.4 cm³/mol. The molecule has 1 atom stereocenters. The van der Waals surface area contributed by atoms with E-state index in [1.807, 2.05) is 29.2 Å². The average molecular weight is 300 g/mol. The van der Waals surface area contributed by atoms with Crippen molar-refractivity contribution >= 4 is 17.1 Å². The van der Waals surface area contributed by atoms with E-state index >= 15 is 0 Å². The van der Waals surface area contributed by atoms with Crippen molar-refractivity contribution in [1.82, 2.24) is 19.8 Å². The summed E-state index contributed by atoms with van der Waals surface area (Å²) in [4.78, 5) is 24.1. The third-order valence-corrected chi connectivity index (χ3v) is 4.88. The van der Waals surface area contributed by atoms with Gasteiger partial charge in [0.2, 0.25) is 0 Å². The van der Waals surface area contributed by atoms with Crippen molar-refractivity contribution in [1.29, 1.82) is 0 Å². The fraction of sp³-hybridized carbons (Fsp3) is 0.500. The molecular formula is C16H20N4O2. The first-order valence-electron chi connectivity index (χ1n) is 7.80. The lowest BCUT2D eigenvalue weighted by Gasteiger charge is -2.44. The van der Waals surface area contributed by atoms with E-state index in [1.54, 1.807) is 0 Å². The Morgan fingerprint density at radius 1 is 1.36 bits per heavy atom. The van der Waals surface area contributed by atoms with E-state index in [1.165, 1.54) is 0 Å². The lowest BCUT2D eigenvalue weighted by molar-refractivity contribution is 0.0438. The van der Waals surface area contributed by atoms with Crippen molar-refractivity contribution in [2.45, 2.75) is 25.4 Å². The van der Waals surface area contributed by atoms with Crippen molar-refractivity contribution in [3.05, 3.63) is 30.1 Å². The summed E-state index contributed by atoms with van der Waals surface area (Å²) >= 11 is 0. The van der Waals surface area contributed by atoms with Crippen LogP contribution in [0.3, 0.4) is 0 Å². The molecule has 6 heteroatoms. The van der Waals surface area contributed by atoms with E-state index in [9.17, 15) is 4.79 Å². The highest BCUT2D eigenvalue weighted by Gasteiger charge is 2.49. The van der Waals surface area contributed by atoms with Gasteiger partial charge in [-0.25, -0.2) is 9.78 Å². The van der Waals surface area contributed by atoms with Crippen LogP contribution in [0.4, 0.5) is 4.79 Å². The molecule has 4 rings (SSSR count). The number of carbonyl (C=O) groups excluding carboxylic acids is 1. The van der Waals surface area contributed by atoms with Crippen molar-refractivity contribution in [3.63, 3.8) is 0 Å². The summed E-state index contributed by atoms with van der Waals surface area (Å²) in [5, 5.41) is 0. The molecule has 6 nitrogen and oxygen atoms in total. The van der Waals surface area contributed by atoms with Gasteiger partial charge in [0, 0.05) is 19.6 Å². The zero-order chi connectivity index (χ0) is 15.2. The molecule has 0 aliphatic carbocycles. The van der Waals surface area contributed by atoms with E-state index in [0.717, 1.165) is 49.5 Å². The Morgan fingerprint density at radius 2 is 2.23 bits per heavy atom. The van der Waals surface area contributed by atoms with Gasteiger partial charge in [0.05, 0.1) is 23.1 Å². The van der Waals surface area contributed by atoms with Crippen molar-refractivity contribution < 1.29 is 9.53 Å². The molecule has 2 fully saturated rings. The maximum atomic E-state index is 11.8. The van der Waals surface area contributed by atoms with E-state index in [0.29, 0.717) is 6.61 Å².